The first-order chi connectivity index (χ1) is 21.3. The van der Waals surface area contributed by atoms with E-state index in [4.69, 9.17) is 8.83 Å². The lowest BCUT2D eigenvalue weighted by molar-refractivity contribution is 0.657. The third kappa shape index (κ3) is 3.81. The summed E-state index contributed by atoms with van der Waals surface area (Å²) in [6.45, 7) is 0. The van der Waals surface area contributed by atoms with Gasteiger partial charge in [-0.1, -0.05) is 72.8 Å². The van der Waals surface area contributed by atoms with E-state index in [0.29, 0.717) is 5.71 Å². The van der Waals surface area contributed by atoms with Gasteiger partial charge in [-0.05, 0) is 77.2 Å². The van der Waals surface area contributed by atoms with E-state index < -0.39 is 0 Å². The molecule has 6 aromatic carbocycles. The predicted octanol–water partition coefficient (Wildman–Crippen LogP) is 11.2. The Bertz CT molecular complexity index is 2470. The molecule has 0 fully saturated rings. The molecule has 0 aliphatic rings. The average Bonchev–Trinajstić information content (AvgIpc) is 3.64. The van der Waals surface area contributed by atoms with Gasteiger partial charge < -0.3 is 13.7 Å². The largest absolute Gasteiger partial charge is 0.456 e. The number of hydrogen-bond acceptors (Lipinski definition) is 4. The van der Waals surface area contributed by atoms with Gasteiger partial charge in [0.2, 0.25) is 5.71 Å². The summed E-state index contributed by atoms with van der Waals surface area (Å²) in [5.41, 5.74) is 8.65. The SMILES string of the molecule is c1ccc(-c2cccc(N(c3ccc4c(c3)oc3ccccc34)c3ccc4ccc5c6cccnc6oc5c4c3)c2)cc1. The second-order valence-electron chi connectivity index (χ2n) is 10.8. The molecule has 0 amide bonds. The number of anilines is 3. The Kier molecular flexibility index (Phi) is 5.16. The number of pyridine rings is 1. The zero-order valence-corrected chi connectivity index (χ0v) is 23.1. The van der Waals surface area contributed by atoms with E-state index in [1.54, 1.807) is 6.20 Å². The summed E-state index contributed by atoms with van der Waals surface area (Å²) in [5.74, 6) is 0. The molecule has 9 rings (SSSR count). The topological polar surface area (TPSA) is 42.4 Å². The van der Waals surface area contributed by atoms with E-state index in [1.165, 1.54) is 5.56 Å². The Morgan fingerprint density at radius 3 is 2.12 bits per heavy atom. The lowest BCUT2D eigenvalue weighted by atomic mass is 10.0. The molecule has 43 heavy (non-hydrogen) atoms. The molecule has 4 heteroatoms. The van der Waals surface area contributed by atoms with Gasteiger partial charge in [0.15, 0.2) is 0 Å². The quantitative estimate of drug-likeness (QED) is 0.218. The van der Waals surface area contributed by atoms with E-state index in [1.807, 2.05) is 24.3 Å². The normalized spacial score (nSPS) is 11.7. The number of para-hydroxylation sites is 1. The highest BCUT2D eigenvalue weighted by molar-refractivity contribution is 6.15. The number of fused-ring (bicyclic) bond motifs is 8. The summed E-state index contributed by atoms with van der Waals surface area (Å²) in [6.07, 6.45) is 1.77. The maximum atomic E-state index is 6.34. The Labute approximate surface area is 247 Å². The van der Waals surface area contributed by atoms with Crippen molar-refractivity contribution >= 4 is 71.8 Å². The van der Waals surface area contributed by atoms with Crippen LogP contribution in [0.4, 0.5) is 17.1 Å². The first-order valence-corrected chi connectivity index (χ1v) is 14.4. The van der Waals surface area contributed by atoms with Crippen molar-refractivity contribution in [2.24, 2.45) is 0 Å². The number of hydrogen-bond donors (Lipinski definition) is 0. The molecule has 0 saturated carbocycles. The van der Waals surface area contributed by atoms with Crippen LogP contribution < -0.4 is 4.90 Å². The number of nitrogens with zero attached hydrogens (tertiary/aromatic N) is 2. The Balaban J connectivity index is 1.29. The van der Waals surface area contributed by atoms with Crippen LogP contribution >= 0.6 is 0 Å². The van der Waals surface area contributed by atoms with Crippen molar-refractivity contribution in [3.8, 4) is 11.1 Å². The highest BCUT2D eigenvalue weighted by Gasteiger charge is 2.18. The van der Waals surface area contributed by atoms with E-state index >= 15 is 0 Å². The molecular weight excluding hydrogens is 528 g/mol. The van der Waals surface area contributed by atoms with Crippen molar-refractivity contribution in [2.75, 3.05) is 4.90 Å². The Morgan fingerprint density at radius 1 is 0.442 bits per heavy atom. The molecule has 3 aromatic heterocycles. The lowest BCUT2D eigenvalue weighted by Gasteiger charge is -2.26. The van der Waals surface area contributed by atoms with Gasteiger partial charge in [-0.3, -0.25) is 0 Å². The van der Waals surface area contributed by atoms with Crippen LogP contribution in [0.25, 0.3) is 65.9 Å². The van der Waals surface area contributed by atoms with E-state index in [-0.39, 0.29) is 0 Å². The van der Waals surface area contributed by atoms with Gasteiger partial charge in [0.1, 0.15) is 16.7 Å². The van der Waals surface area contributed by atoms with Crippen molar-refractivity contribution in [3.63, 3.8) is 0 Å². The molecule has 3 heterocycles. The lowest BCUT2D eigenvalue weighted by Crippen LogP contribution is -2.10. The van der Waals surface area contributed by atoms with Gasteiger partial charge >= 0.3 is 0 Å². The average molecular weight is 553 g/mol. The summed E-state index contributed by atoms with van der Waals surface area (Å²) < 4.78 is 12.7. The Hall–Kier alpha value is -5.87. The van der Waals surface area contributed by atoms with Crippen LogP contribution in [0.15, 0.2) is 155 Å². The van der Waals surface area contributed by atoms with Crippen LogP contribution in [-0.4, -0.2) is 4.98 Å². The summed E-state index contributed by atoms with van der Waals surface area (Å²) in [6, 6.07) is 48.7. The minimum Gasteiger partial charge on any atom is -0.456 e. The minimum atomic E-state index is 0.651. The first-order valence-electron chi connectivity index (χ1n) is 14.4. The molecule has 0 aliphatic heterocycles. The minimum absolute atomic E-state index is 0.651. The van der Waals surface area contributed by atoms with Crippen LogP contribution in [0.5, 0.6) is 0 Å². The maximum Gasteiger partial charge on any atom is 0.227 e. The third-order valence-corrected chi connectivity index (χ3v) is 8.31. The molecule has 202 valence electrons. The smallest absolute Gasteiger partial charge is 0.227 e. The third-order valence-electron chi connectivity index (χ3n) is 8.31. The molecule has 0 bridgehead atoms. The summed E-state index contributed by atoms with van der Waals surface area (Å²) >= 11 is 0. The standard InChI is InChI=1S/C39H24N2O2/c1-2-8-25(9-3-1)27-10-6-11-28(22-27)41(30-18-20-32-31-12-4-5-14-36(31)42-37(32)24-30)29-17-15-26-16-19-33-34-13-7-21-40-39(34)43-38(33)35(26)23-29/h1-24H. The van der Waals surface area contributed by atoms with Crippen LogP contribution in [0.3, 0.4) is 0 Å². The van der Waals surface area contributed by atoms with Gasteiger partial charge in [-0.15, -0.1) is 0 Å². The first kappa shape index (κ1) is 23.8. The molecule has 0 atom stereocenters. The summed E-state index contributed by atoms with van der Waals surface area (Å²) in [7, 11) is 0. The molecule has 0 saturated heterocycles. The van der Waals surface area contributed by atoms with Crippen molar-refractivity contribution in [1.29, 1.82) is 0 Å². The van der Waals surface area contributed by atoms with Crippen molar-refractivity contribution < 1.29 is 8.83 Å². The van der Waals surface area contributed by atoms with Gasteiger partial charge in [-0.2, -0.15) is 0 Å². The van der Waals surface area contributed by atoms with Gasteiger partial charge in [0.25, 0.3) is 0 Å². The van der Waals surface area contributed by atoms with Gasteiger partial charge in [0, 0.05) is 56.3 Å². The molecule has 0 unspecified atom stereocenters. The van der Waals surface area contributed by atoms with Crippen LogP contribution in [0.2, 0.25) is 0 Å². The van der Waals surface area contributed by atoms with Gasteiger partial charge in [0.05, 0.1) is 0 Å². The maximum absolute atomic E-state index is 6.34. The Morgan fingerprint density at radius 2 is 1.16 bits per heavy atom. The fraction of sp³-hybridized carbons (Fsp3) is 0. The molecule has 0 aliphatic carbocycles. The van der Waals surface area contributed by atoms with Crippen molar-refractivity contribution in [1.82, 2.24) is 4.98 Å². The summed E-state index contributed by atoms with van der Waals surface area (Å²) in [4.78, 5) is 6.77. The van der Waals surface area contributed by atoms with Crippen LogP contribution in [0.1, 0.15) is 0 Å². The molecule has 9 aromatic rings. The highest BCUT2D eigenvalue weighted by atomic mass is 16.3. The van der Waals surface area contributed by atoms with E-state index in [9.17, 15) is 0 Å². The zero-order chi connectivity index (χ0) is 28.3. The molecular formula is C39H24N2O2. The fourth-order valence-corrected chi connectivity index (χ4v) is 6.27. The number of rotatable bonds is 4. The van der Waals surface area contributed by atoms with E-state index in [0.717, 1.165) is 71.7 Å². The van der Waals surface area contributed by atoms with Crippen LogP contribution in [0, 0.1) is 0 Å². The van der Waals surface area contributed by atoms with Crippen molar-refractivity contribution in [3.05, 3.63) is 146 Å². The monoisotopic (exact) mass is 552 g/mol. The predicted molar refractivity (Wildman–Crippen MR) is 176 cm³/mol. The molecule has 0 spiro atoms. The second-order valence-corrected chi connectivity index (χ2v) is 10.8. The molecule has 0 radical (unpaired) electrons. The molecule has 4 nitrogen and oxygen atoms in total. The van der Waals surface area contributed by atoms with Crippen molar-refractivity contribution in [2.45, 2.75) is 0 Å². The number of benzene rings is 6. The highest BCUT2D eigenvalue weighted by Crippen LogP contribution is 2.42. The number of furan rings is 2. The summed E-state index contributed by atoms with van der Waals surface area (Å²) in [5, 5.41) is 6.46. The second kappa shape index (κ2) is 9.33. The van der Waals surface area contributed by atoms with Crippen LogP contribution in [-0.2, 0) is 0 Å². The van der Waals surface area contributed by atoms with E-state index in [2.05, 4.69) is 125 Å². The fourth-order valence-electron chi connectivity index (χ4n) is 6.27. The van der Waals surface area contributed by atoms with Gasteiger partial charge in [-0.25, -0.2) is 4.98 Å². The zero-order valence-electron chi connectivity index (χ0n) is 23.1. The molecule has 0 N–H and O–H groups in total. The number of aromatic nitrogens is 1.